The molecule has 5 aliphatic rings. The molecule has 32 heavy (non-hydrogen) atoms. The molecule has 0 saturated carbocycles. The van der Waals surface area contributed by atoms with Gasteiger partial charge < -0.3 is 10.0 Å². The van der Waals surface area contributed by atoms with Gasteiger partial charge in [-0.05, 0) is 69.5 Å². The van der Waals surface area contributed by atoms with Crippen LogP contribution in [0.15, 0.2) is 23.8 Å². The van der Waals surface area contributed by atoms with E-state index < -0.39 is 5.60 Å². The monoisotopic (exact) mass is 439 g/mol. The van der Waals surface area contributed by atoms with E-state index in [0.717, 1.165) is 51.6 Å². The summed E-state index contributed by atoms with van der Waals surface area (Å²) in [7, 11) is 0. The SMILES string of the molecule is CC(C)C1=C[C@]2(O)CCC=CCCCCN3CC[C@H]1[C@@]1(CC4=[N+](CCCC(=O)CC4)[C@@H]12)C3. The molecule has 5 rings (SSSR count). The van der Waals surface area contributed by atoms with Gasteiger partial charge in [0.05, 0.1) is 5.41 Å². The van der Waals surface area contributed by atoms with Gasteiger partial charge in [-0.3, -0.25) is 4.79 Å². The van der Waals surface area contributed by atoms with Crippen LogP contribution in [0.2, 0.25) is 0 Å². The molecule has 3 bridgehead atoms. The minimum atomic E-state index is -0.789. The van der Waals surface area contributed by atoms with Crippen molar-refractivity contribution < 1.29 is 14.5 Å². The van der Waals surface area contributed by atoms with Gasteiger partial charge in [0.1, 0.15) is 17.9 Å². The summed E-state index contributed by atoms with van der Waals surface area (Å²) in [5, 5.41) is 12.5. The van der Waals surface area contributed by atoms with Crippen LogP contribution >= 0.6 is 0 Å². The van der Waals surface area contributed by atoms with Gasteiger partial charge >= 0.3 is 0 Å². The van der Waals surface area contributed by atoms with Crippen LogP contribution in [-0.2, 0) is 4.79 Å². The predicted molar refractivity (Wildman–Crippen MR) is 129 cm³/mol. The summed E-state index contributed by atoms with van der Waals surface area (Å²) >= 11 is 0. The van der Waals surface area contributed by atoms with Gasteiger partial charge in [-0.1, -0.05) is 31.6 Å². The zero-order valence-corrected chi connectivity index (χ0v) is 20.3. The fourth-order valence-corrected chi connectivity index (χ4v) is 7.96. The largest absolute Gasteiger partial charge is 0.379 e. The summed E-state index contributed by atoms with van der Waals surface area (Å²) in [6.45, 7) is 9.06. The van der Waals surface area contributed by atoms with Gasteiger partial charge in [0.15, 0.2) is 11.8 Å². The Labute approximate surface area is 194 Å². The molecule has 4 nitrogen and oxygen atoms in total. The van der Waals surface area contributed by atoms with Gasteiger partial charge in [-0.15, -0.1) is 0 Å². The summed E-state index contributed by atoms with van der Waals surface area (Å²) in [6.07, 6.45) is 17.9. The average Bonchev–Trinajstić information content (AvgIpc) is 3.05. The van der Waals surface area contributed by atoms with Gasteiger partial charge in [-0.25, -0.2) is 4.58 Å². The minimum absolute atomic E-state index is 0.0852. The number of nitrogens with zero attached hydrogens (tertiary/aromatic N) is 2. The number of hydrogen-bond donors (Lipinski definition) is 1. The van der Waals surface area contributed by atoms with E-state index in [1.165, 1.54) is 43.6 Å². The van der Waals surface area contributed by atoms with Crippen molar-refractivity contribution in [2.75, 3.05) is 26.2 Å². The lowest BCUT2D eigenvalue weighted by molar-refractivity contribution is -0.593. The highest BCUT2D eigenvalue weighted by Crippen LogP contribution is 2.58. The lowest BCUT2D eigenvalue weighted by Crippen LogP contribution is -2.65. The van der Waals surface area contributed by atoms with E-state index in [9.17, 15) is 9.90 Å². The Bertz CT molecular complexity index is 840. The molecule has 1 fully saturated rings. The van der Waals surface area contributed by atoms with Crippen LogP contribution in [0.25, 0.3) is 0 Å². The van der Waals surface area contributed by atoms with Crippen molar-refractivity contribution in [3.63, 3.8) is 0 Å². The van der Waals surface area contributed by atoms with E-state index in [-0.39, 0.29) is 11.5 Å². The molecule has 1 saturated heterocycles. The molecule has 176 valence electrons. The first-order valence-corrected chi connectivity index (χ1v) is 13.4. The lowest BCUT2D eigenvalue weighted by Gasteiger charge is -2.55. The Balaban J connectivity index is 1.64. The number of carbonyl (C=O) groups is 1. The minimum Gasteiger partial charge on any atom is -0.379 e. The number of carbonyl (C=O) groups excluding carboxylic acids is 1. The molecule has 0 aromatic rings. The molecule has 1 N–H and O–H groups in total. The Morgan fingerprint density at radius 2 is 1.94 bits per heavy atom. The van der Waals surface area contributed by atoms with Crippen LogP contribution in [0, 0.1) is 17.3 Å². The molecule has 4 aliphatic heterocycles. The zero-order chi connectivity index (χ0) is 22.3. The highest BCUT2D eigenvalue weighted by molar-refractivity contribution is 5.88. The average molecular weight is 440 g/mol. The predicted octanol–water partition coefficient (Wildman–Crippen LogP) is 4.51. The van der Waals surface area contributed by atoms with Crippen molar-refractivity contribution in [2.45, 2.75) is 96.1 Å². The number of ketones is 1. The van der Waals surface area contributed by atoms with Crippen LogP contribution in [0.5, 0.6) is 0 Å². The van der Waals surface area contributed by atoms with Crippen molar-refractivity contribution in [1.82, 2.24) is 4.90 Å². The molecule has 0 aromatic heterocycles. The second kappa shape index (κ2) is 8.83. The summed E-state index contributed by atoms with van der Waals surface area (Å²) in [4.78, 5) is 15.0. The number of fused-ring (bicyclic) bond motifs is 1. The van der Waals surface area contributed by atoms with Crippen molar-refractivity contribution in [1.29, 1.82) is 0 Å². The molecular formula is C28H43N2O2+. The maximum absolute atomic E-state index is 12.5. The third kappa shape index (κ3) is 3.86. The first kappa shape index (κ1) is 22.5. The first-order chi connectivity index (χ1) is 15.4. The van der Waals surface area contributed by atoms with E-state index >= 15 is 0 Å². The normalized spacial score (nSPS) is 40.6. The third-order valence-electron chi connectivity index (χ3n) is 9.22. The van der Waals surface area contributed by atoms with Crippen LogP contribution in [0.1, 0.15) is 84.5 Å². The van der Waals surface area contributed by atoms with Crippen LogP contribution in [0.3, 0.4) is 0 Å². The van der Waals surface area contributed by atoms with E-state index in [4.69, 9.17) is 0 Å². The molecular weight excluding hydrogens is 396 g/mol. The van der Waals surface area contributed by atoms with Crippen molar-refractivity contribution in [3.8, 4) is 0 Å². The summed E-state index contributed by atoms with van der Waals surface area (Å²) in [5.41, 5.74) is 2.27. The third-order valence-corrected chi connectivity index (χ3v) is 9.22. The number of piperidine rings is 1. The number of Topliss-reactive ketones (excluding diaryl/α,β-unsaturated/α-hetero) is 1. The molecule has 0 radical (unpaired) electrons. The molecule has 1 aliphatic carbocycles. The van der Waals surface area contributed by atoms with Crippen molar-refractivity contribution >= 4 is 11.5 Å². The van der Waals surface area contributed by atoms with Crippen molar-refractivity contribution in [3.05, 3.63) is 23.8 Å². The second-order valence-corrected chi connectivity index (χ2v) is 11.6. The number of rotatable bonds is 1. The smallest absolute Gasteiger partial charge is 0.192 e. The van der Waals surface area contributed by atoms with E-state index in [0.29, 0.717) is 30.5 Å². The standard InChI is InChI=1S/C28H43N2O2/c1-21(2)24-19-28(32)14-7-5-3-4-6-8-15-29-17-13-25(24)27(20-29)18-22-11-12-23(31)10-9-16-30(22)26(27)28/h3,5,19,21,25-26,32H,4,6-18,20H2,1-2H3/q+1/t25-,26+,27-,28-/m1/s1. The number of aliphatic hydroxyl groups is 1. The topological polar surface area (TPSA) is 43.5 Å². The highest BCUT2D eigenvalue weighted by atomic mass is 16.3. The molecule has 5 atom stereocenters. The second-order valence-electron chi connectivity index (χ2n) is 11.6. The Hall–Kier alpha value is -1.26. The van der Waals surface area contributed by atoms with Gasteiger partial charge in [0.2, 0.25) is 0 Å². The fourth-order valence-electron chi connectivity index (χ4n) is 7.96. The molecule has 1 unspecified atom stereocenters. The molecule has 4 heterocycles. The Kier molecular flexibility index (Phi) is 6.22. The van der Waals surface area contributed by atoms with Crippen LogP contribution < -0.4 is 0 Å². The summed E-state index contributed by atoms with van der Waals surface area (Å²) < 4.78 is 2.62. The van der Waals surface area contributed by atoms with Gasteiger partial charge in [0, 0.05) is 38.6 Å². The summed E-state index contributed by atoms with van der Waals surface area (Å²) in [6, 6.07) is 0.155. The highest BCUT2D eigenvalue weighted by Gasteiger charge is 2.68. The van der Waals surface area contributed by atoms with E-state index in [1.54, 1.807) is 0 Å². The van der Waals surface area contributed by atoms with E-state index in [1.807, 2.05) is 0 Å². The Morgan fingerprint density at radius 1 is 1.09 bits per heavy atom. The Morgan fingerprint density at radius 3 is 2.78 bits per heavy atom. The lowest BCUT2D eigenvalue weighted by atomic mass is 9.53. The fraction of sp³-hybridized carbons (Fsp3) is 0.786. The molecule has 1 spiro atoms. The summed E-state index contributed by atoms with van der Waals surface area (Å²) in [5.74, 6) is 1.45. The maximum Gasteiger partial charge on any atom is 0.192 e. The molecule has 0 aromatic carbocycles. The quantitative estimate of drug-likeness (QED) is 0.483. The zero-order valence-electron chi connectivity index (χ0n) is 20.3. The van der Waals surface area contributed by atoms with Gasteiger partial charge in [-0.2, -0.15) is 0 Å². The van der Waals surface area contributed by atoms with Crippen molar-refractivity contribution in [2.24, 2.45) is 17.3 Å². The molecule has 4 heteroatoms. The molecule has 0 amide bonds. The maximum atomic E-state index is 12.5. The van der Waals surface area contributed by atoms with Gasteiger partial charge in [0.25, 0.3) is 0 Å². The van der Waals surface area contributed by atoms with Crippen LogP contribution in [-0.4, -0.2) is 63.9 Å². The van der Waals surface area contributed by atoms with E-state index in [2.05, 4.69) is 41.6 Å². The van der Waals surface area contributed by atoms with Crippen LogP contribution in [0.4, 0.5) is 0 Å². The number of hydrogen-bond acceptors (Lipinski definition) is 3. The first-order valence-electron chi connectivity index (χ1n) is 13.4. The number of allylic oxidation sites excluding steroid dienone is 3.